The molecule has 0 radical (unpaired) electrons. The van der Waals surface area contributed by atoms with Crippen molar-refractivity contribution in [1.29, 1.82) is 0 Å². The maximum atomic E-state index is 11.3. The third-order valence-corrected chi connectivity index (χ3v) is 2.41. The fourth-order valence-electron chi connectivity index (χ4n) is 1.29. The molecule has 1 unspecified atom stereocenters. The summed E-state index contributed by atoms with van der Waals surface area (Å²) in [4.78, 5) is 22.5. The Morgan fingerprint density at radius 1 is 1.12 bits per heavy atom. The fourth-order valence-corrected chi connectivity index (χ4v) is 1.29. The SMILES string of the molecule is CC(C(O)O)C1OC(=O)CCCCC(=O)O1. The molecule has 1 atom stereocenters. The number of aliphatic hydroxyl groups excluding tert-OH is 1. The van der Waals surface area contributed by atoms with E-state index in [2.05, 4.69) is 0 Å². The molecule has 1 saturated heterocycles. The number of ether oxygens (including phenoxy) is 2. The normalized spacial score (nSPS) is 21.8. The zero-order valence-corrected chi connectivity index (χ0v) is 9.09. The van der Waals surface area contributed by atoms with Crippen molar-refractivity contribution < 1.29 is 29.3 Å². The number of esters is 2. The van der Waals surface area contributed by atoms with Crippen LogP contribution in [0.5, 0.6) is 0 Å². The van der Waals surface area contributed by atoms with Gasteiger partial charge in [0, 0.05) is 12.8 Å². The van der Waals surface area contributed by atoms with Gasteiger partial charge in [-0.15, -0.1) is 0 Å². The van der Waals surface area contributed by atoms with E-state index in [4.69, 9.17) is 19.7 Å². The van der Waals surface area contributed by atoms with Crippen molar-refractivity contribution in [3.05, 3.63) is 0 Å². The zero-order valence-electron chi connectivity index (χ0n) is 9.09. The summed E-state index contributed by atoms with van der Waals surface area (Å²) in [5.74, 6) is -1.86. The summed E-state index contributed by atoms with van der Waals surface area (Å²) < 4.78 is 9.73. The van der Waals surface area contributed by atoms with Gasteiger partial charge in [-0.05, 0) is 12.8 Å². The van der Waals surface area contributed by atoms with Gasteiger partial charge >= 0.3 is 11.9 Å². The highest BCUT2D eigenvalue weighted by atomic mass is 16.7. The lowest BCUT2D eigenvalue weighted by molar-refractivity contribution is -0.217. The Hall–Kier alpha value is -1.14. The van der Waals surface area contributed by atoms with E-state index in [-0.39, 0.29) is 12.8 Å². The Morgan fingerprint density at radius 2 is 1.56 bits per heavy atom. The average molecular weight is 232 g/mol. The van der Waals surface area contributed by atoms with Gasteiger partial charge in [0.25, 0.3) is 6.29 Å². The number of hydrogen-bond donors (Lipinski definition) is 2. The molecular weight excluding hydrogens is 216 g/mol. The number of carbonyl (C=O) groups is 2. The highest BCUT2D eigenvalue weighted by Gasteiger charge is 2.30. The highest BCUT2D eigenvalue weighted by molar-refractivity contribution is 5.72. The van der Waals surface area contributed by atoms with Crippen molar-refractivity contribution in [3.63, 3.8) is 0 Å². The molecule has 1 aliphatic heterocycles. The van der Waals surface area contributed by atoms with E-state index in [0.717, 1.165) is 0 Å². The lowest BCUT2D eigenvalue weighted by Gasteiger charge is -2.24. The van der Waals surface area contributed by atoms with Crippen LogP contribution in [-0.4, -0.2) is 34.7 Å². The summed E-state index contributed by atoms with van der Waals surface area (Å²) in [6, 6.07) is 0. The minimum atomic E-state index is -1.70. The number of aliphatic hydroxyl groups is 2. The van der Waals surface area contributed by atoms with Crippen molar-refractivity contribution in [2.24, 2.45) is 5.92 Å². The van der Waals surface area contributed by atoms with Crippen molar-refractivity contribution >= 4 is 11.9 Å². The lowest BCUT2D eigenvalue weighted by Crippen LogP contribution is -2.36. The Kier molecular flexibility index (Phi) is 4.70. The Labute approximate surface area is 93.2 Å². The third kappa shape index (κ3) is 3.79. The van der Waals surface area contributed by atoms with Crippen molar-refractivity contribution in [3.8, 4) is 0 Å². The molecule has 0 aliphatic carbocycles. The molecule has 0 aromatic heterocycles. The summed E-state index contributed by atoms with van der Waals surface area (Å²) in [6.07, 6.45) is -1.37. The van der Waals surface area contributed by atoms with E-state index in [1.165, 1.54) is 6.92 Å². The maximum absolute atomic E-state index is 11.3. The molecule has 0 aromatic rings. The number of rotatable bonds is 2. The average Bonchev–Trinajstić information content (AvgIpc) is 2.28. The van der Waals surface area contributed by atoms with Gasteiger partial charge in [-0.25, -0.2) is 0 Å². The molecule has 1 aliphatic rings. The lowest BCUT2D eigenvalue weighted by atomic mass is 10.1. The molecule has 92 valence electrons. The second-order valence-electron chi connectivity index (χ2n) is 3.83. The van der Waals surface area contributed by atoms with Crippen LogP contribution in [0, 0.1) is 5.92 Å². The van der Waals surface area contributed by atoms with Crippen LogP contribution >= 0.6 is 0 Å². The first-order valence-corrected chi connectivity index (χ1v) is 5.26. The number of hydrogen-bond acceptors (Lipinski definition) is 6. The summed E-state index contributed by atoms with van der Waals surface area (Å²) in [5.41, 5.74) is 0. The van der Waals surface area contributed by atoms with E-state index in [0.29, 0.717) is 12.8 Å². The Balaban J connectivity index is 2.69. The summed E-state index contributed by atoms with van der Waals surface area (Å²) >= 11 is 0. The topological polar surface area (TPSA) is 93.1 Å². The van der Waals surface area contributed by atoms with Crippen molar-refractivity contribution in [1.82, 2.24) is 0 Å². The summed E-state index contributed by atoms with van der Waals surface area (Å²) in [7, 11) is 0. The summed E-state index contributed by atoms with van der Waals surface area (Å²) in [5, 5.41) is 17.9. The third-order valence-electron chi connectivity index (χ3n) is 2.41. The van der Waals surface area contributed by atoms with Crippen LogP contribution in [0.25, 0.3) is 0 Å². The maximum Gasteiger partial charge on any atom is 0.308 e. The van der Waals surface area contributed by atoms with Gasteiger partial charge in [0.2, 0.25) is 0 Å². The van der Waals surface area contributed by atoms with E-state index in [1.807, 2.05) is 0 Å². The van der Waals surface area contributed by atoms with Gasteiger partial charge in [0.15, 0.2) is 6.29 Å². The predicted molar refractivity (Wildman–Crippen MR) is 51.8 cm³/mol. The van der Waals surface area contributed by atoms with Gasteiger partial charge in [-0.1, -0.05) is 6.92 Å². The Morgan fingerprint density at radius 3 is 1.94 bits per heavy atom. The standard InChI is InChI=1S/C10H16O6/c1-6(9(13)14)10-15-7(11)4-2-3-5-8(12)16-10/h6,9-10,13-14H,2-5H2,1H3. The van der Waals surface area contributed by atoms with Gasteiger partial charge in [-0.2, -0.15) is 0 Å². The first kappa shape index (κ1) is 12.9. The molecule has 1 heterocycles. The van der Waals surface area contributed by atoms with Gasteiger partial charge < -0.3 is 19.7 Å². The zero-order chi connectivity index (χ0) is 12.1. The molecule has 6 nitrogen and oxygen atoms in total. The van der Waals surface area contributed by atoms with Gasteiger partial charge in [-0.3, -0.25) is 9.59 Å². The minimum Gasteiger partial charge on any atom is -0.425 e. The van der Waals surface area contributed by atoms with Crippen molar-refractivity contribution in [2.75, 3.05) is 0 Å². The van der Waals surface area contributed by atoms with Crippen LogP contribution in [-0.2, 0) is 19.1 Å². The molecule has 0 saturated carbocycles. The van der Waals surface area contributed by atoms with Crippen LogP contribution in [0.2, 0.25) is 0 Å². The van der Waals surface area contributed by atoms with E-state index in [9.17, 15) is 9.59 Å². The molecule has 0 spiro atoms. The molecule has 0 aromatic carbocycles. The smallest absolute Gasteiger partial charge is 0.308 e. The minimum absolute atomic E-state index is 0.210. The second kappa shape index (κ2) is 5.81. The molecule has 1 rings (SSSR count). The molecule has 0 bridgehead atoms. The van der Waals surface area contributed by atoms with Crippen LogP contribution in [0.15, 0.2) is 0 Å². The van der Waals surface area contributed by atoms with Gasteiger partial charge in [0.1, 0.15) is 0 Å². The van der Waals surface area contributed by atoms with E-state index >= 15 is 0 Å². The Bertz CT molecular complexity index is 242. The van der Waals surface area contributed by atoms with Crippen LogP contribution in [0.1, 0.15) is 32.6 Å². The highest BCUT2D eigenvalue weighted by Crippen LogP contribution is 2.17. The van der Waals surface area contributed by atoms with Crippen LogP contribution < -0.4 is 0 Å². The molecule has 2 N–H and O–H groups in total. The van der Waals surface area contributed by atoms with E-state index < -0.39 is 30.4 Å². The predicted octanol–water partition coefficient (Wildman–Crippen LogP) is -0.0803. The fraction of sp³-hybridized carbons (Fsp3) is 0.800. The van der Waals surface area contributed by atoms with Crippen LogP contribution in [0.3, 0.4) is 0 Å². The largest absolute Gasteiger partial charge is 0.425 e. The first-order chi connectivity index (χ1) is 7.50. The first-order valence-electron chi connectivity index (χ1n) is 5.26. The van der Waals surface area contributed by atoms with Crippen molar-refractivity contribution in [2.45, 2.75) is 45.2 Å². The molecule has 6 heteroatoms. The molecular formula is C10H16O6. The van der Waals surface area contributed by atoms with Crippen LogP contribution in [0.4, 0.5) is 0 Å². The second-order valence-corrected chi connectivity index (χ2v) is 3.83. The molecule has 0 amide bonds. The molecule has 16 heavy (non-hydrogen) atoms. The number of cyclic esters (lactones) is 2. The number of carbonyl (C=O) groups excluding carboxylic acids is 2. The van der Waals surface area contributed by atoms with E-state index in [1.54, 1.807) is 0 Å². The summed E-state index contributed by atoms with van der Waals surface area (Å²) in [6.45, 7) is 1.42. The quantitative estimate of drug-likeness (QED) is 0.511. The van der Waals surface area contributed by atoms with Gasteiger partial charge in [0.05, 0.1) is 5.92 Å². The monoisotopic (exact) mass is 232 g/mol. The molecule has 1 fully saturated rings.